The van der Waals surface area contributed by atoms with Crippen LogP contribution in [0.25, 0.3) is 11.4 Å². The van der Waals surface area contributed by atoms with Crippen LogP contribution < -0.4 is 39.4 Å². The summed E-state index contributed by atoms with van der Waals surface area (Å²) < 4.78 is 19.4. The van der Waals surface area contributed by atoms with E-state index in [1.165, 1.54) is 18.2 Å². The molecule has 128 valence electrons. The van der Waals surface area contributed by atoms with E-state index in [0.717, 1.165) is 0 Å². The fourth-order valence-electron chi connectivity index (χ4n) is 2.21. The third-order valence-corrected chi connectivity index (χ3v) is 4.25. The first-order valence-corrected chi connectivity index (χ1v) is 8.07. The summed E-state index contributed by atoms with van der Waals surface area (Å²) in [7, 11) is 0. The van der Waals surface area contributed by atoms with E-state index in [1.807, 2.05) is 0 Å². The number of hydrogen-bond acceptors (Lipinski definition) is 5. The molecule has 1 aromatic carbocycles. The summed E-state index contributed by atoms with van der Waals surface area (Å²) in [6, 6.07) is 5.55. The molecule has 1 heterocycles. The molecule has 0 radical (unpaired) electrons. The monoisotopic (exact) mass is 392 g/mol. The maximum atomic E-state index is 13.6. The summed E-state index contributed by atoms with van der Waals surface area (Å²) in [4.78, 5) is 18.4. The molecule has 0 fully saturated rings. The molecule has 0 spiro atoms. The van der Waals surface area contributed by atoms with E-state index in [2.05, 4.69) is 9.97 Å². The van der Waals surface area contributed by atoms with Crippen molar-refractivity contribution in [2.75, 3.05) is 0 Å². The zero-order chi connectivity index (χ0) is 17.9. The first-order chi connectivity index (χ1) is 11.3. The van der Waals surface area contributed by atoms with Gasteiger partial charge in [-0.3, -0.25) is 0 Å². The van der Waals surface area contributed by atoms with Crippen molar-refractivity contribution in [3.63, 3.8) is 0 Å². The number of carboxylic acids is 1. The largest absolute Gasteiger partial charge is 1.00 e. The predicted molar refractivity (Wildman–Crippen MR) is 88.8 cm³/mol. The fourth-order valence-corrected chi connectivity index (χ4v) is 2.52. The third kappa shape index (κ3) is 5.01. The van der Waals surface area contributed by atoms with E-state index in [9.17, 15) is 14.3 Å². The summed E-state index contributed by atoms with van der Waals surface area (Å²) in [6.45, 7) is 3.37. The van der Waals surface area contributed by atoms with E-state index < -0.39 is 17.4 Å². The molecule has 5 nitrogen and oxygen atoms in total. The molecule has 0 saturated heterocycles. The molecule has 0 amide bonds. The predicted octanol–water partition coefficient (Wildman–Crippen LogP) is 0.290. The molecule has 0 aliphatic carbocycles. The number of carboxylic acid groups (broad SMARTS) is 1. The van der Waals surface area contributed by atoms with Gasteiger partial charge in [0.05, 0.1) is 11.0 Å². The fraction of sp³-hybridized carbons (Fsp3) is 0.312. The van der Waals surface area contributed by atoms with E-state index >= 15 is 0 Å². The van der Waals surface area contributed by atoms with Gasteiger partial charge in [-0.2, -0.15) is 0 Å². The molecule has 1 aromatic heterocycles. The molecule has 1 N–H and O–H groups in total. The standard InChI is InChI=1S/C16H16ClFN2O3S.Na/c1-3-16(4-2,15(21)22)23-12-8-13(24)20-14(19-12)9-5-6-10(17)11(18)7-9;/h5-8H,3-4H2,1-2H3,(H,21,22)(H,19,20,24);/q;+1/p-1. The van der Waals surface area contributed by atoms with Crippen LogP contribution in [0.15, 0.2) is 24.3 Å². The van der Waals surface area contributed by atoms with Gasteiger partial charge in [-0.05, 0) is 31.0 Å². The average molecular weight is 393 g/mol. The van der Waals surface area contributed by atoms with Crippen LogP contribution in [-0.2, 0) is 4.79 Å². The summed E-state index contributed by atoms with van der Waals surface area (Å²) in [5.41, 5.74) is -1.08. The molecule has 0 aliphatic rings. The zero-order valence-corrected chi connectivity index (χ0v) is 17.6. The van der Waals surface area contributed by atoms with Gasteiger partial charge >= 0.3 is 29.6 Å². The Labute approximate surface area is 176 Å². The number of hydrogen-bond donors (Lipinski definition) is 1. The topological polar surface area (TPSA) is 78.0 Å². The molecule has 2 rings (SSSR count). The Bertz CT molecular complexity index is 827. The van der Waals surface area contributed by atoms with Crippen LogP contribution in [-0.4, -0.2) is 21.5 Å². The Morgan fingerprint density at radius 3 is 2.56 bits per heavy atom. The number of aromatic amines is 1. The van der Waals surface area contributed by atoms with Crippen molar-refractivity contribution < 1.29 is 48.6 Å². The molecule has 0 bridgehead atoms. The minimum atomic E-state index is -1.48. The van der Waals surface area contributed by atoms with E-state index in [4.69, 9.17) is 28.6 Å². The van der Waals surface area contributed by atoms with Gasteiger partial charge in [0, 0.05) is 11.6 Å². The van der Waals surface area contributed by atoms with Crippen molar-refractivity contribution in [2.24, 2.45) is 0 Å². The van der Waals surface area contributed by atoms with Gasteiger partial charge in [0.15, 0.2) is 5.88 Å². The molecule has 9 heteroatoms. The van der Waals surface area contributed by atoms with Crippen LogP contribution in [0.5, 0.6) is 5.88 Å². The summed E-state index contributed by atoms with van der Waals surface area (Å²) in [5, 5.41) is 11.4. The smallest absolute Gasteiger partial charge is 0.546 e. The number of rotatable bonds is 6. The van der Waals surface area contributed by atoms with Crippen LogP contribution in [0.2, 0.25) is 5.02 Å². The minimum absolute atomic E-state index is 0. The number of ether oxygens (including phenoxy) is 1. The SMILES string of the molecule is CCC(CC)(Oc1cc(=S)nc(-c2ccc(Cl)c(F)c2)[nH]1)C(=O)[O-].[Na+]. The average Bonchev–Trinajstić information content (AvgIpc) is 2.54. The molecule has 25 heavy (non-hydrogen) atoms. The van der Waals surface area contributed by atoms with E-state index in [1.54, 1.807) is 19.9 Å². The minimum Gasteiger partial charge on any atom is -0.546 e. The number of nitrogens with zero attached hydrogens (tertiary/aromatic N) is 1. The maximum Gasteiger partial charge on any atom is 1.00 e. The Balaban J connectivity index is 0.00000312. The second-order valence-corrected chi connectivity index (χ2v) is 5.98. The number of carbonyl (C=O) groups is 1. The van der Waals surface area contributed by atoms with Gasteiger partial charge in [-0.1, -0.05) is 37.7 Å². The molecular weight excluding hydrogens is 378 g/mol. The van der Waals surface area contributed by atoms with Crippen molar-refractivity contribution in [1.29, 1.82) is 0 Å². The van der Waals surface area contributed by atoms with Crippen molar-refractivity contribution >= 4 is 29.8 Å². The third-order valence-electron chi connectivity index (χ3n) is 3.73. The van der Waals surface area contributed by atoms with Gasteiger partial charge in [0.2, 0.25) is 0 Å². The number of aromatic nitrogens is 2. The number of H-pyrrole nitrogens is 1. The normalized spacial score (nSPS) is 10.9. The number of benzene rings is 1. The second kappa shape index (κ2) is 9.09. The summed E-state index contributed by atoms with van der Waals surface area (Å²) in [5.74, 6) is -1.56. The van der Waals surface area contributed by atoms with Crippen LogP contribution in [0, 0.1) is 10.5 Å². The van der Waals surface area contributed by atoms with Crippen LogP contribution in [0.3, 0.4) is 0 Å². The van der Waals surface area contributed by atoms with Crippen LogP contribution >= 0.6 is 23.8 Å². The van der Waals surface area contributed by atoms with Crippen molar-refractivity contribution in [2.45, 2.75) is 32.3 Å². The zero-order valence-electron chi connectivity index (χ0n) is 14.1. The van der Waals surface area contributed by atoms with Crippen LogP contribution in [0.1, 0.15) is 26.7 Å². The summed E-state index contributed by atoms with van der Waals surface area (Å²) in [6.07, 6.45) is 0.416. The number of nitrogens with one attached hydrogen (secondary N) is 1. The molecule has 2 aromatic rings. The van der Waals surface area contributed by atoms with E-state index in [0.29, 0.717) is 5.56 Å². The van der Waals surface area contributed by atoms with Gasteiger partial charge < -0.3 is 19.6 Å². The Morgan fingerprint density at radius 2 is 2.04 bits per heavy atom. The Hall–Kier alpha value is -0.990. The Morgan fingerprint density at radius 1 is 1.40 bits per heavy atom. The van der Waals surface area contributed by atoms with E-state index in [-0.39, 0.29) is 63.8 Å². The summed E-state index contributed by atoms with van der Waals surface area (Å²) >= 11 is 10.7. The van der Waals surface area contributed by atoms with Crippen LogP contribution in [0.4, 0.5) is 4.39 Å². The second-order valence-electron chi connectivity index (χ2n) is 5.15. The van der Waals surface area contributed by atoms with Crippen molar-refractivity contribution in [3.05, 3.63) is 39.7 Å². The number of halogens is 2. The number of carbonyl (C=O) groups excluding carboxylic acids is 1. The Kier molecular flexibility index (Phi) is 8.02. The first-order valence-electron chi connectivity index (χ1n) is 7.28. The van der Waals surface area contributed by atoms with Gasteiger partial charge in [0.1, 0.15) is 21.9 Å². The maximum absolute atomic E-state index is 13.6. The molecule has 0 unspecified atom stereocenters. The first kappa shape index (κ1) is 22.1. The molecule has 0 saturated carbocycles. The van der Waals surface area contributed by atoms with Crippen molar-refractivity contribution in [1.82, 2.24) is 9.97 Å². The quantitative estimate of drug-likeness (QED) is 0.565. The molecule has 0 atom stereocenters. The molecular formula is C16H15ClFN2NaO3S. The van der Waals surface area contributed by atoms with Crippen molar-refractivity contribution in [3.8, 4) is 17.3 Å². The van der Waals surface area contributed by atoms with Gasteiger partial charge in [0.25, 0.3) is 0 Å². The van der Waals surface area contributed by atoms with Gasteiger partial charge in [-0.15, -0.1) is 0 Å². The van der Waals surface area contributed by atoms with Gasteiger partial charge in [-0.25, -0.2) is 9.37 Å². The molecule has 0 aliphatic heterocycles. The number of aliphatic carboxylic acids is 1.